The number of aromatic nitrogens is 2. The van der Waals surface area contributed by atoms with Crippen molar-refractivity contribution in [2.45, 2.75) is 41.0 Å². The van der Waals surface area contributed by atoms with Gasteiger partial charge in [0.1, 0.15) is 5.76 Å². The molecule has 0 amide bonds. The van der Waals surface area contributed by atoms with Crippen molar-refractivity contribution in [1.82, 2.24) is 10.2 Å². The summed E-state index contributed by atoms with van der Waals surface area (Å²) in [7, 11) is 1.30. The standard InChI is InChI=1S/C17H19N3O4.2C2H6/c1-3-4-14(16(22)9-10-21)17-15(11-18-19-17)12-5-7-13(8-6-12)20(23)24-2;2*1-2/h4-9,11,21H,3,10H2,1-2H3,(H-,18,19,22,23);2*1-2H3/p+1/b14-4+,16-9+;;. The van der Waals surface area contributed by atoms with Crippen LogP contribution in [0.1, 0.15) is 46.7 Å². The SMILES string of the molecule is CC.CC.CC/C=C(\C(O)=C/CO)c1[nH]ncc1-c1ccc([N+](=O)OC)cc1. The molecule has 2 aromatic rings. The highest BCUT2D eigenvalue weighted by molar-refractivity contribution is 5.84. The number of nitrogens with zero attached hydrogens (tertiary/aromatic N) is 2. The second-order valence-corrected chi connectivity index (χ2v) is 4.94. The molecule has 0 aliphatic rings. The number of hydrogen-bond donors (Lipinski definition) is 3. The van der Waals surface area contributed by atoms with E-state index in [1.807, 2.05) is 40.7 Å². The molecule has 0 atom stereocenters. The van der Waals surface area contributed by atoms with E-state index in [2.05, 4.69) is 15.0 Å². The number of aromatic amines is 1. The van der Waals surface area contributed by atoms with Gasteiger partial charge in [-0.15, -0.1) is 0 Å². The Kier molecular flexibility index (Phi) is 12.7. The molecular formula is C21H32N3O4+. The first-order chi connectivity index (χ1) is 13.6. The maximum Gasteiger partial charge on any atom is 0.316 e. The van der Waals surface area contributed by atoms with Gasteiger partial charge in [0.15, 0.2) is 7.11 Å². The van der Waals surface area contributed by atoms with Gasteiger partial charge in [0.2, 0.25) is 0 Å². The third-order valence-electron chi connectivity index (χ3n) is 3.43. The van der Waals surface area contributed by atoms with Crippen LogP contribution >= 0.6 is 0 Å². The normalized spacial score (nSPS) is 11.0. The van der Waals surface area contributed by atoms with Crippen LogP contribution in [0.25, 0.3) is 16.7 Å². The van der Waals surface area contributed by atoms with Crippen molar-refractivity contribution in [3.05, 3.63) is 59.0 Å². The molecule has 1 aromatic carbocycles. The minimum Gasteiger partial charge on any atom is -0.508 e. The van der Waals surface area contributed by atoms with E-state index in [0.29, 0.717) is 28.3 Å². The van der Waals surface area contributed by atoms with Gasteiger partial charge in [-0.3, -0.25) is 5.10 Å². The van der Waals surface area contributed by atoms with Crippen LogP contribution in [0, 0.1) is 4.91 Å². The zero-order valence-electron chi connectivity index (χ0n) is 17.6. The maximum atomic E-state index is 11.4. The van der Waals surface area contributed by atoms with Crippen molar-refractivity contribution in [3.8, 4) is 11.1 Å². The highest BCUT2D eigenvalue weighted by Gasteiger charge is 2.17. The predicted octanol–water partition coefficient (Wildman–Crippen LogP) is 5.33. The molecule has 0 saturated carbocycles. The van der Waals surface area contributed by atoms with Gasteiger partial charge in [0, 0.05) is 23.3 Å². The summed E-state index contributed by atoms with van der Waals surface area (Å²) in [4.78, 5) is 16.5. The van der Waals surface area contributed by atoms with E-state index in [9.17, 15) is 10.0 Å². The molecule has 7 nitrogen and oxygen atoms in total. The molecule has 0 spiro atoms. The molecule has 3 N–H and O–H groups in total. The highest BCUT2D eigenvalue weighted by Crippen LogP contribution is 2.31. The largest absolute Gasteiger partial charge is 0.508 e. The minimum absolute atomic E-state index is 0.0217. The number of rotatable bonds is 7. The van der Waals surface area contributed by atoms with Crippen molar-refractivity contribution >= 4 is 11.3 Å². The lowest BCUT2D eigenvalue weighted by Crippen LogP contribution is -1.97. The van der Waals surface area contributed by atoms with Gasteiger partial charge in [-0.05, 0) is 30.2 Å². The molecule has 0 unspecified atom stereocenters. The van der Waals surface area contributed by atoms with E-state index >= 15 is 0 Å². The molecule has 0 saturated heterocycles. The second kappa shape index (κ2) is 14.2. The summed E-state index contributed by atoms with van der Waals surface area (Å²) in [5, 5.41) is 26.1. The van der Waals surface area contributed by atoms with Crippen LogP contribution in [0.5, 0.6) is 0 Å². The lowest BCUT2D eigenvalue weighted by molar-refractivity contribution is -0.736. The van der Waals surface area contributed by atoms with Crippen molar-refractivity contribution in [2.75, 3.05) is 13.7 Å². The fraction of sp³-hybridized carbons (Fsp3) is 0.381. The summed E-state index contributed by atoms with van der Waals surface area (Å²) in [6, 6.07) is 6.80. The van der Waals surface area contributed by atoms with Gasteiger partial charge >= 0.3 is 5.69 Å². The second-order valence-electron chi connectivity index (χ2n) is 4.94. The number of benzene rings is 1. The van der Waals surface area contributed by atoms with Gasteiger partial charge in [-0.2, -0.15) is 5.10 Å². The van der Waals surface area contributed by atoms with Crippen LogP contribution < -0.4 is 0 Å². The van der Waals surface area contributed by atoms with Crippen molar-refractivity contribution < 1.29 is 20.0 Å². The third kappa shape index (κ3) is 6.66. The Labute approximate surface area is 166 Å². The average molecular weight is 391 g/mol. The molecule has 2 rings (SSSR count). The van der Waals surface area contributed by atoms with Crippen molar-refractivity contribution in [2.24, 2.45) is 0 Å². The Hall–Kier alpha value is -2.93. The summed E-state index contributed by atoms with van der Waals surface area (Å²) < 4.78 is 0. The van der Waals surface area contributed by atoms with Gasteiger partial charge in [-0.25, -0.2) is 4.84 Å². The highest BCUT2D eigenvalue weighted by atomic mass is 16.8. The van der Waals surface area contributed by atoms with Gasteiger partial charge < -0.3 is 10.2 Å². The quantitative estimate of drug-likeness (QED) is 0.337. The van der Waals surface area contributed by atoms with E-state index in [4.69, 9.17) is 5.11 Å². The first-order valence-corrected chi connectivity index (χ1v) is 9.48. The lowest BCUT2D eigenvalue weighted by Gasteiger charge is -2.08. The molecule has 1 heterocycles. The van der Waals surface area contributed by atoms with Crippen molar-refractivity contribution in [3.63, 3.8) is 0 Å². The zero-order valence-corrected chi connectivity index (χ0v) is 17.6. The minimum atomic E-state index is -0.262. The Morgan fingerprint density at radius 1 is 1.18 bits per heavy atom. The fourth-order valence-corrected chi connectivity index (χ4v) is 2.31. The summed E-state index contributed by atoms with van der Waals surface area (Å²) in [5.41, 5.74) is 3.17. The number of nitrogens with one attached hydrogen (secondary N) is 1. The van der Waals surface area contributed by atoms with Crippen LogP contribution in [0.3, 0.4) is 0 Å². The topological polar surface area (TPSA) is 98.5 Å². The average Bonchev–Trinajstić information content (AvgIpc) is 3.24. The number of aliphatic hydroxyl groups is 2. The van der Waals surface area contributed by atoms with Crippen LogP contribution in [0.15, 0.2) is 48.4 Å². The van der Waals surface area contributed by atoms with E-state index < -0.39 is 0 Å². The number of aliphatic hydroxyl groups excluding tert-OH is 2. The van der Waals surface area contributed by atoms with E-state index in [-0.39, 0.29) is 12.4 Å². The van der Waals surface area contributed by atoms with E-state index in [1.54, 1.807) is 30.5 Å². The van der Waals surface area contributed by atoms with Crippen molar-refractivity contribution in [1.29, 1.82) is 0 Å². The molecule has 0 fully saturated rings. The summed E-state index contributed by atoms with van der Waals surface area (Å²) in [6.45, 7) is 9.69. The zero-order chi connectivity index (χ0) is 21.5. The third-order valence-corrected chi connectivity index (χ3v) is 3.43. The first kappa shape index (κ1) is 25.1. The van der Waals surface area contributed by atoms with Crippen LogP contribution in [-0.2, 0) is 4.84 Å². The molecule has 154 valence electrons. The molecule has 0 radical (unpaired) electrons. The van der Waals surface area contributed by atoms with Crippen LogP contribution in [-0.4, -0.2) is 39.1 Å². The molecule has 28 heavy (non-hydrogen) atoms. The molecule has 1 aromatic heterocycles. The number of allylic oxidation sites excluding steroid dienone is 2. The summed E-state index contributed by atoms with van der Waals surface area (Å²) >= 11 is 0. The number of H-pyrrole nitrogens is 1. The van der Waals surface area contributed by atoms with Crippen LogP contribution in [0.4, 0.5) is 5.69 Å². The first-order valence-electron chi connectivity index (χ1n) is 9.48. The summed E-state index contributed by atoms with van der Waals surface area (Å²) in [5.74, 6) is -0.0217. The maximum absolute atomic E-state index is 11.4. The van der Waals surface area contributed by atoms with Crippen LogP contribution in [0.2, 0.25) is 0 Å². The molecule has 7 heteroatoms. The smallest absolute Gasteiger partial charge is 0.316 e. The molecule has 0 aliphatic carbocycles. The Bertz CT molecular complexity index is 762. The van der Waals surface area contributed by atoms with Gasteiger partial charge in [-0.1, -0.05) is 40.7 Å². The Morgan fingerprint density at radius 2 is 1.79 bits per heavy atom. The van der Waals surface area contributed by atoms with Gasteiger partial charge in [0.25, 0.3) is 4.92 Å². The number of hydrogen-bond acceptors (Lipinski definition) is 5. The molecular weight excluding hydrogens is 358 g/mol. The predicted molar refractivity (Wildman–Crippen MR) is 113 cm³/mol. The van der Waals surface area contributed by atoms with E-state index in [1.165, 1.54) is 13.2 Å². The van der Waals surface area contributed by atoms with E-state index in [0.717, 1.165) is 11.1 Å². The molecule has 0 aliphatic heterocycles. The molecule has 0 bridgehead atoms. The monoisotopic (exact) mass is 390 g/mol. The Morgan fingerprint density at radius 3 is 2.29 bits per heavy atom. The summed E-state index contributed by atoms with van der Waals surface area (Å²) in [6.07, 6.45) is 5.51. The lowest BCUT2D eigenvalue weighted by atomic mass is 9.99. The van der Waals surface area contributed by atoms with Gasteiger partial charge in [0.05, 0.1) is 23.4 Å². The fourth-order valence-electron chi connectivity index (χ4n) is 2.31. The Balaban J connectivity index is 0.00000171.